The zero-order valence-electron chi connectivity index (χ0n) is 7.54. The van der Waals surface area contributed by atoms with Crippen molar-refractivity contribution in [1.82, 2.24) is 0 Å². The van der Waals surface area contributed by atoms with E-state index in [0.717, 1.165) is 5.56 Å². The minimum Gasteiger partial charge on any atom is -0.222 e. The first-order valence-corrected chi connectivity index (χ1v) is 4.70. The predicted molar refractivity (Wildman–Crippen MR) is 59.5 cm³/mol. The van der Waals surface area contributed by atoms with Gasteiger partial charge in [0.25, 0.3) is 0 Å². The van der Waals surface area contributed by atoms with E-state index in [1.807, 2.05) is 38.1 Å². The van der Waals surface area contributed by atoms with Gasteiger partial charge in [0.05, 0.1) is 10.7 Å². The van der Waals surface area contributed by atoms with E-state index in [9.17, 15) is 0 Å². The number of halogens is 1. The molecule has 1 aromatic carbocycles. The maximum Gasteiger partial charge on any atom is 0.0903 e. The normalized spacial score (nSPS) is 10.7. The van der Waals surface area contributed by atoms with Crippen molar-refractivity contribution in [3.63, 3.8) is 0 Å². The summed E-state index contributed by atoms with van der Waals surface area (Å²) in [5, 5.41) is 3.10. The number of hydrogen-bond acceptors (Lipinski definition) is 2. The summed E-state index contributed by atoms with van der Waals surface area (Å²) in [5.74, 6) is 0. The molecule has 0 N–H and O–H groups in total. The molecule has 0 spiro atoms. The van der Waals surface area contributed by atoms with E-state index in [-0.39, 0.29) is 5.54 Å². The summed E-state index contributed by atoms with van der Waals surface area (Å²) in [5.41, 5.74) is 0.699. The molecule has 0 radical (unpaired) electrons. The van der Waals surface area contributed by atoms with E-state index in [1.165, 1.54) is 0 Å². The quantitative estimate of drug-likeness (QED) is 0.537. The Bertz CT molecular complexity index is 354. The fourth-order valence-corrected chi connectivity index (χ4v) is 1.47. The van der Waals surface area contributed by atoms with E-state index in [4.69, 9.17) is 11.6 Å². The molecular weight excluding hydrogens is 202 g/mol. The number of nitrogens with zero attached hydrogens (tertiary/aromatic N) is 1. The van der Waals surface area contributed by atoms with E-state index in [2.05, 4.69) is 22.4 Å². The second-order valence-electron chi connectivity index (χ2n) is 3.27. The van der Waals surface area contributed by atoms with E-state index < -0.39 is 0 Å². The summed E-state index contributed by atoms with van der Waals surface area (Å²) in [6.07, 6.45) is 0. The maximum absolute atomic E-state index is 5.86. The lowest BCUT2D eigenvalue weighted by Gasteiger charge is -2.18. The summed E-state index contributed by atoms with van der Waals surface area (Å²) < 4.78 is 0. The van der Waals surface area contributed by atoms with E-state index >= 15 is 0 Å². The lowest BCUT2D eigenvalue weighted by atomic mass is 9.95. The molecule has 0 unspecified atom stereocenters. The Morgan fingerprint density at radius 2 is 2.15 bits per heavy atom. The molecule has 0 saturated heterocycles. The van der Waals surface area contributed by atoms with Crippen LogP contribution < -0.4 is 0 Å². The Hall–Kier alpha value is -0.690. The van der Waals surface area contributed by atoms with Gasteiger partial charge in [0.1, 0.15) is 0 Å². The SMILES string of the molecule is CC(C)(N=C=S)c1cccc(Cl)c1. The van der Waals surface area contributed by atoms with Gasteiger partial charge in [0.2, 0.25) is 0 Å². The summed E-state index contributed by atoms with van der Waals surface area (Å²) in [6, 6.07) is 7.60. The lowest BCUT2D eigenvalue weighted by Crippen LogP contribution is -2.12. The predicted octanol–water partition coefficient (Wildman–Crippen LogP) is 3.68. The summed E-state index contributed by atoms with van der Waals surface area (Å²) >= 11 is 10.4. The standard InChI is InChI=1S/C10H10ClNS/c1-10(2,12-7-13)8-4-3-5-9(11)6-8/h3-6H,1-2H3. The van der Waals surface area contributed by atoms with Crippen molar-refractivity contribution in [2.45, 2.75) is 19.4 Å². The second kappa shape index (κ2) is 4.01. The monoisotopic (exact) mass is 211 g/mol. The number of aliphatic imine (C=N–C) groups is 1. The summed E-state index contributed by atoms with van der Waals surface area (Å²) in [6.45, 7) is 3.94. The Kier molecular flexibility index (Phi) is 3.21. The highest BCUT2D eigenvalue weighted by atomic mass is 35.5. The van der Waals surface area contributed by atoms with Gasteiger partial charge in [0, 0.05) is 5.02 Å². The maximum atomic E-state index is 5.86. The zero-order chi connectivity index (χ0) is 9.90. The van der Waals surface area contributed by atoms with Crippen molar-refractivity contribution in [2.24, 2.45) is 4.99 Å². The zero-order valence-corrected chi connectivity index (χ0v) is 9.12. The van der Waals surface area contributed by atoms with Gasteiger partial charge in [-0.1, -0.05) is 23.7 Å². The van der Waals surface area contributed by atoms with Gasteiger partial charge in [0.15, 0.2) is 0 Å². The Morgan fingerprint density at radius 1 is 1.46 bits per heavy atom. The van der Waals surface area contributed by atoms with Crippen molar-refractivity contribution >= 4 is 29.0 Å². The van der Waals surface area contributed by atoms with Crippen LogP contribution in [0.15, 0.2) is 29.3 Å². The van der Waals surface area contributed by atoms with Gasteiger partial charge < -0.3 is 0 Å². The average Bonchev–Trinajstić information content (AvgIpc) is 2.04. The fourth-order valence-electron chi connectivity index (χ4n) is 1.05. The van der Waals surface area contributed by atoms with Gasteiger partial charge >= 0.3 is 0 Å². The molecule has 0 saturated carbocycles. The van der Waals surface area contributed by atoms with Crippen LogP contribution in [0.4, 0.5) is 0 Å². The van der Waals surface area contributed by atoms with Crippen LogP contribution in [-0.2, 0) is 5.54 Å². The molecule has 0 aliphatic heterocycles. The number of rotatable bonds is 2. The van der Waals surface area contributed by atoms with E-state index in [1.54, 1.807) is 0 Å². The van der Waals surface area contributed by atoms with Crippen molar-refractivity contribution in [3.05, 3.63) is 34.9 Å². The van der Waals surface area contributed by atoms with E-state index in [0.29, 0.717) is 5.02 Å². The van der Waals surface area contributed by atoms with Crippen molar-refractivity contribution in [1.29, 1.82) is 0 Å². The highest BCUT2D eigenvalue weighted by molar-refractivity contribution is 7.78. The number of benzene rings is 1. The molecule has 3 heteroatoms. The molecule has 1 rings (SSSR count). The molecule has 0 fully saturated rings. The van der Waals surface area contributed by atoms with Gasteiger partial charge in [-0.2, -0.15) is 0 Å². The highest BCUT2D eigenvalue weighted by Crippen LogP contribution is 2.26. The molecule has 0 aliphatic rings. The first-order chi connectivity index (χ1) is 6.06. The third-order valence-corrected chi connectivity index (χ3v) is 2.18. The molecule has 0 amide bonds. The van der Waals surface area contributed by atoms with Crippen LogP contribution in [-0.4, -0.2) is 5.16 Å². The molecule has 1 nitrogen and oxygen atoms in total. The van der Waals surface area contributed by atoms with Crippen LogP contribution >= 0.6 is 23.8 Å². The molecule has 0 heterocycles. The number of hydrogen-bond donors (Lipinski definition) is 0. The lowest BCUT2D eigenvalue weighted by molar-refractivity contribution is 0.563. The first kappa shape index (κ1) is 10.4. The molecule has 0 atom stereocenters. The van der Waals surface area contributed by atoms with Gasteiger partial charge in [-0.15, -0.1) is 0 Å². The molecule has 13 heavy (non-hydrogen) atoms. The minimum absolute atomic E-state index is 0.341. The largest absolute Gasteiger partial charge is 0.222 e. The number of isothiocyanates is 1. The molecule has 68 valence electrons. The van der Waals surface area contributed by atoms with Crippen LogP contribution in [0.3, 0.4) is 0 Å². The molecular formula is C10H10ClNS. The smallest absolute Gasteiger partial charge is 0.0903 e. The van der Waals surface area contributed by atoms with Gasteiger partial charge in [-0.3, -0.25) is 0 Å². The fraction of sp³-hybridized carbons (Fsp3) is 0.300. The first-order valence-electron chi connectivity index (χ1n) is 3.91. The van der Waals surface area contributed by atoms with Crippen LogP contribution in [0.1, 0.15) is 19.4 Å². The minimum atomic E-state index is -0.341. The third kappa shape index (κ3) is 2.63. The van der Waals surface area contributed by atoms with Crippen molar-refractivity contribution in [2.75, 3.05) is 0 Å². The van der Waals surface area contributed by atoms with Crippen molar-refractivity contribution < 1.29 is 0 Å². The average molecular weight is 212 g/mol. The Morgan fingerprint density at radius 3 is 2.69 bits per heavy atom. The second-order valence-corrected chi connectivity index (χ2v) is 3.89. The van der Waals surface area contributed by atoms with Crippen molar-refractivity contribution in [3.8, 4) is 0 Å². The summed E-state index contributed by atoms with van der Waals surface area (Å²) in [7, 11) is 0. The van der Waals surface area contributed by atoms with Gasteiger partial charge in [-0.05, 0) is 43.8 Å². The van der Waals surface area contributed by atoms with Gasteiger partial charge in [-0.25, -0.2) is 4.99 Å². The summed E-state index contributed by atoms with van der Waals surface area (Å²) in [4.78, 5) is 4.07. The topological polar surface area (TPSA) is 12.4 Å². The molecule has 0 aliphatic carbocycles. The van der Waals surface area contributed by atoms with Crippen LogP contribution in [0, 0.1) is 0 Å². The molecule has 0 bridgehead atoms. The molecule has 1 aromatic rings. The Balaban J connectivity index is 3.13. The van der Waals surface area contributed by atoms with Crippen LogP contribution in [0.5, 0.6) is 0 Å². The Labute approximate surface area is 88.4 Å². The third-order valence-electron chi connectivity index (χ3n) is 1.86. The van der Waals surface area contributed by atoms with Crippen LogP contribution in [0.2, 0.25) is 5.02 Å². The van der Waals surface area contributed by atoms with Crippen LogP contribution in [0.25, 0.3) is 0 Å². The highest BCUT2D eigenvalue weighted by Gasteiger charge is 2.18. The molecule has 0 aromatic heterocycles. The number of thiocarbonyl (C=S) groups is 1.